The Hall–Kier alpha value is -2.34. The lowest BCUT2D eigenvalue weighted by Crippen LogP contribution is -2.28. The molecular weight excluding hydrogens is 332 g/mol. The Labute approximate surface area is 151 Å². The Balaban J connectivity index is 1.63. The van der Waals surface area contributed by atoms with Gasteiger partial charge in [-0.25, -0.2) is 0 Å². The van der Waals surface area contributed by atoms with E-state index >= 15 is 0 Å². The van der Waals surface area contributed by atoms with Crippen molar-refractivity contribution in [1.29, 1.82) is 0 Å². The van der Waals surface area contributed by atoms with E-state index in [9.17, 15) is 4.79 Å². The summed E-state index contributed by atoms with van der Waals surface area (Å²) in [5.41, 5.74) is 5.66. The predicted octanol–water partition coefficient (Wildman–Crippen LogP) is 3.62. The monoisotopic (exact) mass is 354 g/mol. The molecule has 0 aliphatic heterocycles. The molecule has 1 N–H and O–H groups in total. The van der Waals surface area contributed by atoms with Crippen LogP contribution in [0.4, 0.5) is 0 Å². The molecule has 5 nitrogen and oxygen atoms in total. The number of carbonyl (C=O) groups is 1. The number of benzene rings is 1. The van der Waals surface area contributed by atoms with Crippen LogP contribution in [0.3, 0.4) is 0 Å². The maximum atomic E-state index is 12.3. The van der Waals surface area contributed by atoms with Crippen molar-refractivity contribution in [3.05, 3.63) is 58.8 Å². The number of amides is 1. The summed E-state index contributed by atoms with van der Waals surface area (Å²) in [6, 6.07) is 10.0. The summed E-state index contributed by atoms with van der Waals surface area (Å²) in [4.78, 5) is 12.3. The highest BCUT2D eigenvalue weighted by molar-refractivity contribution is 7.99. The summed E-state index contributed by atoms with van der Waals surface area (Å²) in [6.07, 6.45) is 1.90. The zero-order chi connectivity index (χ0) is 18.0. The molecule has 0 saturated heterocycles. The molecule has 0 aliphatic rings. The number of carbonyl (C=O) groups excluding carboxylic acids is 1. The minimum atomic E-state index is -0.0254. The number of pyridine rings is 1. The zero-order valence-corrected chi connectivity index (χ0v) is 15.7. The van der Waals surface area contributed by atoms with Gasteiger partial charge in [-0.15, -0.1) is 10.2 Å². The summed E-state index contributed by atoms with van der Waals surface area (Å²) < 4.78 is 1.88. The van der Waals surface area contributed by atoms with Crippen LogP contribution >= 0.6 is 11.8 Å². The van der Waals surface area contributed by atoms with E-state index < -0.39 is 0 Å². The second kappa shape index (κ2) is 7.27. The molecule has 0 aliphatic carbocycles. The number of rotatable bonds is 5. The number of nitrogens with zero attached hydrogens (tertiary/aromatic N) is 3. The van der Waals surface area contributed by atoms with E-state index in [0.717, 1.165) is 16.4 Å². The summed E-state index contributed by atoms with van der Waals surface area (Å²) in [5, 5.41) is 12.0. The fourth-order valence-corrected chi connectivity index (χ4v) is 3.59. The fraction of sp³-hybridized carbons (Fsp3) is 0.316. The molecule has 0 fully saturated rings. The van der Waals surface area contributed by atoms with Gasteiger partial charge in [-0.2, -0.15) is 0 Å². The third kappa shape index (κ3) is 3.85. The van der Waals surface area contributed by atoms with E-state index in [1.165, 1.54) is 28.5 Å². The first kappa shape index (κ1) is 17.5. The maximum absolute atomic E-state index is 12.3. The van der Waals surface area contributed by atoms with E-state index in [-0.39, 0.29) is 11.9 Å². The minimum Gasteiger partial charge on any atom is -0.349 e. The largest absolute Gasteiger partial charge is 0.349 e. The summed E-state index contributed by atoms with van der Waals surface area (Å²) in [5.74, 6) is 0.298. The van der Waals surface area contributed by atoms with Crippen molar-refractivity contribution in [3.8, 4) is 0 Å². The molecule has 3 aromatic rings. The molecule has 0 bridgehead atoms. The van der Waals surface area contributed by atoms with Gasteiger partial charge in [0, 0.05) is 6.20 Å². The van der Waals surface area contributed by atoms with Crippen LogP contribution in [0.25, 0.3) is 5.65 Å². The minimum absolute atomic E-state index is 0.0113. The first-order chi connectivity index (χ1) is 12.0. The Morgan fingerprint density at radius 1 is 1.16 bits per heavy atom. The van der Waals surface area contributed by atoms with Crippen molar-refractivity contribution in [2.24, 2.45) is 0 Å². The number of fused-ring (bicyclic) bond motifs is 1. The van der Waals surface area contributed by atoms with Crippen molar-refractivity contribution < 1.29 is 4.79 Å². The maximum Gasteiger partial charge on any atom is 0.230 e. The van der Waals surface area contributed by atoms with E-state index in [4.69, 9.17) is 0 Å². The van der Waals surface area contributed by atoms with Gasteiger partial charge >= 0.3 is 0 Å². The highest BCUT2D eigenvalue weighted by atomic mass is 32.2. The second-order valence-corrected chi connectivity index (χ2v) is 7.22. The Bertz CT molecular complexity index is 919. The van der Waals surface area contributed by atoms with Crippen molar-refractivity contribution in [2.75, 3.05) is 5.75 Å². The third-order valence-electron chi connectivity index (χ3n) is 4.34. The SMILES string of the molecule is Cc1cc(C)c([C@H](C)NC(=O)CSc2nnc3ccccn23)cc1C. The van der Waals surface area contributed by atoms with Crippen LogP contribution in [-0.2, 0) is 4.79 Å². The fourth-order valence-electron chi connectivity index (χ4n) is 2.86. The van der Waals surface area contributed by atoms with Gasteiger partial charge in [-0.3, -0.25) is 9.20 Å². The zero-order valence-electron chi connectivity index (χ0n) is 14.9. The normalized spacial score (nSPS) is 12.3. The van der Waals surface area contributed by atoms with Crippen LogP contribution in [0, 0.1) is 20.8 Å². The van der Waals surface area contributed by atoms with Crippen molar-refractivity contribution in [3.63, 3.8) is 0 Å². The average molecular weight is 354 g/mol. The third-order valence-corrected chi connectivity index (χ3v) is 5.28. The molecule has 0 unspecified atom stereocenters. The van der Waals surface area contributed by atoms with Crippen LogP contribution in [0.1, 0.15) is 35.2 Å². The van der Waals surface area contributed by atoms with E-state index in [1.54, 1.807) is 0 Å². The van der Waals surface area contributed by atoms with Crippen LogP contribution in [0.5, 0.6) is 0 Å². The van der Waals surface area contributed by atoms with Gasteiger partial charge in [0.15, 0.2) is 10.8 Å². The molecule has 0 spiro atoms. The van der Waals surface area contributed by atoms with Crippen LogP contribution in [-0.4, -0.2) is 26.3 Å². The van der Waals surface area contributed by atoms with E-state index in [2.05, 4.69) is 48.4 Å². The number of nitrogens with one attached hydrogen (secondary N) is 1. The van der Waals surface area contributed by atoms with Gasteiger partial charge in [0.25, 0.3) is 0 Å². The highest BCUT2D eigenvalue weighted by Gasteiger charge is 2.14. The Morgan fingerprint density at radius 3 is 2.72 bits per heavy atom. The molecule has 1 atom stereocenters. The lowest BCUT2D eigenvalue weighted by Gasteiger charge is -2.18. The average Bonchev–Trinajstić information content (AvgIpc) is 2.99. The summed E-state index contributed by atoms with van der Waals surface area (Å²) in [6.45, 7) is 8.31. The predicted molar refractivity (Wildman–Crippen MR) is 101 cm³/mol. The lowest BCUT2D eigenvalue weighted by atomic mass is 9.96. The standard InChI is InChI=1S/C19H22N4OS/c1-12-9-14(3)16(10-13(12)2)15(4)20-18(24)11-25-19-22-21-17-7-5-6-8-23(17)19/h5-10,15H,11H2,1-4H3,(H,20,24)/t15-/m0/s1. The molecular formula is C19H22N4OS. The van der Waals surface area contributed by atoms with Gasteiger partial charge in [-0.1, -0.05) is 30.0 Å². The van der Waals surface area contributed by atoms with Crippen molar-refractivity contribution >= 4 is 23.3 Å². The Morgan fingerprint density at radius 2 is 1.92 bits per heavy atom. The second-order valence-electron chi connectivity index (χ2n) is 6.28. The van der Waals surface area contributed by atoms with Gasteiger partial charge < -0.3 is 5.32 Å². The van der Waals surface area contributed by atoms with Gasteiger partial charge in [0.05, 0.1) is 11.8 Å². The first-order valence-corrected chi connectivity index (χ1v) is 9.24. The quantitative estimate of drug-likeness (QED) is 0.711. The van der Waals surface area contributed by atoms with Crippen LogP contribution in [0.15, 0.2) is 41.7 Å². The van der Waals surface area contributed by atoms with E-state index in [1.807, 2.05) is 35.7 Å². The molecule has 2 aromatic heterocycles. The summed E-state index contributed by atoms with van der Waals surface area (Å²) >= 11 is 1.39. The van der Waals surface area contributed by atoms with Gasteiger partial charge in [-0.05, 0) is 62.1 Å². The number of hydrogen-bond donors (Lipinski definition) is 1. The lowest BCUT2D eigenvalue weighted by molar-refractivity contribution is -0.119. The topological polar surface area (TPSA) is 59.3 Å². The molecule has 2 heterocycles. The molecule has 0 radical (unpaired) electrons. The number of hydrogen-bond acceptors (Lipinski definition) is 4. The molecule has 0 saturated carbocycles. The van der Waals surface area contributed by atoms with Crippen LogP contribution < -0.4 is 5.32 Å². The number of aryl methyl sites for hydroxylation is 3. The smallest absolute Gasteiger partial charge is 0.230 e. The molecule has 25 heavy (non-hydrogen) atoms. The molecule has 6 heteroatoms. The molecule has 130 valence electrons. The number of aromatic nitrogens is 3. The Kier molecular flexibility index (Phi) is 5.08. The van der Waals surface area contributed by atoms with Crippen LogP contribution in [0.2, 0.25) is 0 Å². The summed E-state index contributed by atoms with van der Waals surface area (Å²) in [7, 11) is 0. The number of thioether (sulfide) groups is 1. The van der Waals surface area contributed by atoms with Crippen molar-refractivity contribution in [1.82, 2.24) is 19.9 Å². The highest BCUT2D eigenvalue weighted by Crippen LogP contribution is 2.22. The van der Waals surface area contributed by atoms with Crippen molar-refractivity contribution in [2.45, 2.75) is 38.9 Å². The first-order valence-electron chi connectivity index (χ1n) is 8.25. The molecule has 1 aromatic carbocycles. The van der Waals surface area contributed by atoms with Gasteiger partial charge in [0.2, 0.25) is 5.91 Å². The van der Waals surface area contributed by atoms with E-state index in [0.29, 0.717) is 5.75 Å². The molecule has 3 rings (SSSR count). The molecule has 1 amide bonds. The van der Waals surface area contributed by atoms with Gasteiger partial charge in [0.1, 0.15) is 0 Å².